The molecule has 0 spiro atoms. The normalized spacial score (nSPS) is 10.3. The van der Waals surface area contributed by atoms with Crippen LogP contribution in [-0.4, -0.2) is 16.9 Å². The maximum atomic E-state index is 5.68. The van der Waals surface area contributed by atoms with E-state index in [2.05, 4.69) is 21.0 Å². The molecule has 0 fully saturated rings. The predicted octanol–water partition coefficient (Wildman–Crippen LogP) is 2.77. The zero-order valence-corrected chi connectivity index (χ0v) is 11.3. The lowest BCUT2D eigenvalue weighted by molar-refractivity contribution is 0.292. The molecule has 0 aliphatic carbocycles. The van der Waals surface area contributed by atoms with Crippen LogP contribution < -0.4 is 9.47 Å². The Hall–Kier alpha value is -1.49. The third-order valence-electron chi connectivity index (χ3n) is 2.43. The molecule has 0 N–H and O–H groups in total. The van der Waals surface area contributed by atoms with Gasteiger partial charge in [0.1, 0.15) is 18.1 Å². The summed E-state index contributed by atoms with van der Waals surface area (Å²) in [7, 11) is 3.52. The van der Waals surface area contributed by atoms with E-state index in [4.69, 9.17) is 9.47 Å². The van der Waals surface area contributed by atoms with Gasteiger partial charge in [-0.1, -0.05) is 6.07 Å². The Balaban J connectivity index is 2.07. The Bertz CT molecular complexity index is 491. The number of aryl methyl sites for hydroxylation is 1. The number of benzene rings is 1. The van der Waals surface area contributed by atoms with Gasteiger partial charge in [-0.3, -0.25) is 4.68 Å². The van der Waals surface area contributed by atoms with Crippen molar-refractivity contribution >= 4 is 15.9 Å². The first kappa shape index (κ1) is 12.0. The van der Waals surface area contributed by atoms with Gasteiger partial charge >= 0.3 is 0 Å². The number of ether oxygens (including phenoxy) is 2. The van der Waals surface area contributed by atoms with Gasteiger partial charge < -0.3 is 9.47 Å². The van der Waals surface area contributed by atoms with Gasteiger partial charge in [0, 0.05) is 13.1 Å². The van der Waals surface area contributed by atoms with Gasteiger partial charge in [-0.2, -0.15) is 5.10 Å². The van der Waals surface area contributed by atoms with Crippen LogP contribution in [0.2, 0.25) is 0 Å². The summed E-state index contributed by atoms with van der Waals surface area (Å²) < 4.78 is 13.5. The Labute approximate surface area is 108 Å². The van der Waals surface area contributed by atoms with E-state index in [-0.39, 0.29) is 0 Å². The molecule has 4 nitrogen and oxygen atoms in total. The monoisotopic (exact) mass is 296 g/mol. The number of aromatic nitrogens is 2. The van der Waals surface area contributed by atoms with E-state index in [0.29, 0.717) is 6.61 Å². The van der Waals surface area contributed by atoms with E-state index in [1.54, 1.807) is 18.0 Å². The summed E-state index contributed by atoms with van der Waals surface area (Å²) in [5.41, 5.74) is 0.993. The van der Waals surface area contributed by atoms with Crippen molar-refractivity contribution in [3.8, 4) is 11.5 Å². The summed E-state index contributed by atoms with van der Waals surface area (Å²) in [5, 5.41) is 4.13. The summed E-state index contributed by atoms with van der Waals surface area (Å²) in [6.07, 6.45) is 1.75. The number of methoxy groups -OCH3 is 1. The van der Waals surface area contributed by atoms with E-state index in [1.165, 1.54) is 0 Å². The van der Waals surface area contributed by atoms with Gasteiger partial charge in [0.15, 0.2) is 0 Å². The van der Waals surface area contributed by atoms with Gasteiger partial charge in [0.05, 0.1) is 23.5 Å². The average molecular weight is 297 g/mol. The Morgan fingerprint density at radius 1 is 1.35 bits per heavy atom. The van der Waals surface area contributed by atoms with Crippen LogP contribution in [0.15, 0.2) is 34.9 Å². The number of halogens is 1. The summed E-state index contributed by atoms with van der Waals surface area (Å²) in [6, 6.07) is 7.52. The van der Waals surface area contributed by atoms with Crippen molar-refractivity contribution in [2.45, 2.75) is 6.61 Å². The van der Waals surface area contributed by atoms with Crippen LogP contribution in [0, 0.1) is 0 Å². The van der Waals surface area contributed by atoms with Gasteiger partial charge in [0.25, 0.3) is 0 Å². The standard InChI is InChI=1S/C12H13BrN2O2/c1-15-12(11(13)7-14-15)8-17-10-5-3-4-9(6-10)16-2/h3-7H,8H2,1-2H3. The number of hydrogen-bond donors (Lipinski definition) is 0. The minimum Gasteiger partial charge on any atom is -0.497 e. The zero-order valence-electron chi connectivity index (χ0n) is 9.68. The molecule has 0 radical (unpaired) electrons. The molecule has 1 heterocycles. The molecule has 90 valence electrons. The fourth-order valence-electron chi connectivity index (χ4n) is 1.44. The first-order chi connectivity index (χ1) is 8.20. The smallest absolute Gasteiger partial charge is 0.131 e. The zero-order chi connectivity index (χ0) is 12.3. The topological polar surface area (TPSA) is 36.3 Å². The second-order valence-electron chi connectivity index (χ2n) is 3.53. The quantitative estimate of drug-likeness (QED) is 0.870. The number of nitrogens with zero attached hydrogens (tertiary/aromatic N) is 2. The molecule has 0 bridgehead atoms. The second kappa shape index (κ2) is 5.23. The molecule has 2 rings (SSSR count). The van der Waals surface area contributed by atoms with Crippen LogP contribution in [0.1, 0.15) is 5.69 Å². The van der Waals surface area contributed by atoms with Crippen LogP contribution in [0.4, 0.5) is 0 Å². The van der Waals surface area contributed by atoms with Crippen molar-refractivity contribution in [1.29, 1.82) is 0 Å². The molecule has 1 aromatic heterocycles. The van der Waals surface area contributed by atoms with Gasteiger partial charge in [-0.25, -0.2) is 0 Å². The SMILES string of the molecule is COc1cccc(OCc2c(Br)cnn2C)c1. The van der Waals surface area contributed by atoms with E-state index in [9.17, 15) is 0 Å². The van der Waals surface area contributed by atoms with Crippen LogP contribution >= 0.6 is 15.9 Å². The molecule has 0 unspecified atom stereocenters. The highest BCUT2D eigenvalue weighted by molar-refractivity contribution is 9.10. The van der Waals surface area contributed by atoms with Crippen LogP contribution in [0.3, 0.4) is 0 Å². The van der Waals surface area contributed by atoms with E-state index in [0.717, 1.165) is 21.7 Å². The van der Waals surface area contributed by atoms with Crippen LogP contribution in [0.25, 0.3) is 0 Å². The third-order valence-corrected chi connectivity index (χ3v) is 3.09. The van der Waals surface area contributed by atoms with Crippen LogP contribution in [0.5, 0.6) is 11.5 Å². The molecule has 0 aliphatic rings. The molecular formula is C12H13BrN2O2. The first-order valence-corrected chi connectivity index (χ1v) is 5.93. The molecule has 1 aromatic carbocycles. The molecule has 0 aliphatic heterocycles. The highest BCUT2D eigenvalue weighted by Gasteiger charge is 2.06. The van der Waals surface area contributed by atoms with E-state index >= 15 is 0 Å². The third kappa shape index (κ3) is 2.79. The largest absolute Gasteiger partial charge is 0.497 e. The Kier molecular flexibility index (Phi) is 3.68. The molecule has 0 amide bonds. The molecule has 2 aromatic rings. The van der Waals surface area contributed by atoms with Crippen molar-refractivity contribution in [3.05, 3.63) is 40.6 Å². The lowest BCUT2D eigenvalue weighted by Crippen LogP contribution is -2.03. The van der Waals surface area contributed by atoms with Gasteiger partial charge in [-0.15, -0.1) is 0 Å². The first-order valence-electron chi connectivity index (χ1n) is 5.14. The van der Waals surface area contributed by atoms with Gasteiger partial charge in [0.2, 0.25) is 0 Å². The van der Waals surface area contributed by atoms with Gasteiger partial charge in [-0.05, 0) is 28.1 Å². The van der Waals surface area contributed by atoms with Crippen molar-refractivity contribution < 1.29 is 9.47 Å². The molecule has 5 heteroatoms. The fourth-order valence-corrected chi connectivity index (χ4v) is 1.90. The summed E-state index contributed by atoms with van der Waals surface area (Å²) >= 11 is 3.43. The molecule has 17 heavy (non-hydrogen) atoms. The minimum atomic E-state index is 0.463. The summed E-state index contributed by atoms with van der Waals surface area (Å²) in [4.78, 5) is 0. The highest BCUT2D eigenvalue weighted by Crippen LogP contribution is 2.21. The maximum absolute atomic E-state index is 5.68. The number of rotatable bonds is 4. The predicted molar refractivity (Wildman–Crippen MR) is 68.2 cm³/mol. The molecular weight excluding hydrogens is 284 g/mol. The number of hydrogen-bond acceptors (Lipinski definition) is 3. The Morgan fingerprint density at radius 3 is 2.76 bits per heavy atom. The minimum absolute atomic E-state index is 0.463. The van der Waals surface area contributed by atoms with Crippen molar-refractivity contribution in [2.75, 3.05) is 7.11 Å². The van der Waals surface area contributed by atoms with E-state index < -0.39 is 0 Å². The van der Waals surface area contributed by atoms with Crippen molar-refractivity contribution in [2.24, 2.45) is 7.05 Å². The highest BCUT2D eigenvalue weighted by atomic mass is 79.9. The second-order valence-corrected chi connectivity index (χ2v) is 4.38. The molecule has 0 atom stereocenters. The van der Waals surface area contributed by atoms with Crippen LogP contribution in [-0.2, 0) is 13.7 Å². The van der Waals surface area contributed by atoms with Crippen molar-refractivity contribution in [1.82, 2.24) is 9.78 Å². The molecule has 0 saturated heterocycles. The van der Waals surface area contributed by atoms with Crippen molar-refractivity contribution in [3.63, 3.8) is 0 Å². The molecule has 0 saturated carbocycles. The maximum Gasteiger partial charge on any atom is 0.131 e. The lowest BCUT2D eigenvalue weighted by Gasteiger charge is -2.08. The van der Waals surface area contributed by atoms with E-state index in [1.807, 2.05) is 31.3 Å². The Morgan fingerprint density at radius 2 is 2.12 bits per heavy atom. The summed E-state index contributed by atoms with van der Waals surface area (Å²) in [6.45, 7) is 0.463. The summed E-state index contributed by atoms with van der Waals surface area (Å²) in [5.74, 6) is 1.56. The average Bonchev–Trinajstić information content (AvgIpc) is 2.67. The lowest BCUT2D eigenvalue weighted by atomic mass is 10.3. The fraction of sp³-hybridized carbons (Fsp3) is 0.250.